The molecule has 1 N–H and O–H groups in total. The van der Waals surface area contributed by atoms with E-state index in [1.807, 2.05) is 6.07 Å². The maximum Gasteiger partial charge on any atom is 0.226 e. The summed E-state index contributed by atoms with van der Waals surface area (Å²) in [6.07, 6.45) is 1.63. The lowest BCUT2D eigenvalue weighted by molar-refractivity contribution is -0.120. The van der Waals surface area contributed by atoms with Gasteiger partial charge in [0.2, 0.25) is 5.91 Å². The standard InChI is InChI=1S/C17H13F2N3O2/c18-11-4-5-14(15(19)7-11)16-8-13(22-24-16)9-17(23)21-10-12-3-1-2-6-20-12/h1-8H,9-10H2,(H,21,23). The quantitative estimate of drug-likeness (QED) is 0.781. The summed E-state index contributed by atoms with van der Waals surface area (Å²) in [5, 5.41) is 6.45. The molecule has 0 saturated heterocycles. The van der Waals surface area contributed by atoms with Gasteiger partial charge in [-0.25, -0.2) is 8.78 Å². The molecule has 0 aliphatic rings. The van der Waals surface area contributed by atoms with Gasteiger partial charge in [0.25, 0.3) is 0 Å². The minimum Gasteiger partial charge on any atom is -0.356 e. The highest BCUT2D eigenvalue weighted by molar-refractivity contribution is 5.78. The summed E-state index contributed by atoms with van der Waals surface area (Å²) in [5.74, 6) is -1.55. The summed E-state index contributed by atoms with van der Waals surface area (Å²) >= 11 is 0. The average molecular weight is 329 g/mol. The fourth-order valence-electron chi connectivity index (χ4n) is 2.13. The van der Waals surface area contributed by atoms with Crippen LogP contribution in [0, 0.1) is 11.6 Å². The highest BCUT2D eigenvalue weighted by Gasteiger charge is 2.14. The average Bonchev–Trinajstić information content (AvgIpc) is 3.02. The van der Waals surface area contributed by atoms with Gasteiger partial charge >= 0.3 is 0 Å². The zero-order valence-electron chi connectivity index (χ0n) is 12.5. The van der Waals surface area contributed by atoms with E-state index in [0.29, 0.717) is 12.2 Å². The number of nitrogens with zero attached hydrogens (tertiary/aromatic N) is 2. The molecule has 0 atom stereocenters. The first kappa shape index (κ1) is 15.8. The molecule has 1 amide bonds. The van der Waals surface area contributed by atoms with E-state index in [2.05, 4.69) is 15.5 Å². The second-order valence-corrected chi connectivity index (χ2v) is 5.08. The Bertz CT molecular complexity index is 850. The van der Waals surface area contributed by atoms with Crippen LogP contribution in [0.5, 0.6) is 0 Å². The van der Waals surface area contributed by atoms with E-state index < -0.39 is 11.6 Å². The molecule has 1 aromatic carbocycles. The summed E-state index contributed by atoms with van der Waals surface area (Å²) in [5.41, 5.74) is 1.18. The fraction of sp³-hybridized carbons (Fsp3) is 0.118. The zero-order valence-corrected chi connectivity index (χ0v) is 12.5. The van der Waals surface area contributed by atoms with Crippen molar-refractivity contribution < 1.29 is 18.1 Å². The molecule has 0 fully saturated rings. The van der Waals surface area contributed by atoms with Gasteiger partial charge in [-0.05, 0) is 24.3 Å². The molecular weight excluding hydrogens is 316 g/mol. The van der Waals surface area contributed by atoms with Crippen molar-refractivity contribution in [3.05, 3.63) is 71.7 Å². The van der Waals surface area contributed by atoms with E-state index in [1.54, 1.807) is 18.3 Å². The van der Waals surface area contributed by atoms with E-state index in [0.717, 1.165) is 17.8 Å². The molecule has 0 spiro atoms. The smallest absolute Gasteiger partial charge is 0.226 e. The molecule has 0 aliphatic carbocycles. The third kappa shape index (κ3) is 3.81. The normalized spacial score (nSPS) is 10.6. The molecule has 122 valence electrons. The first-order chi connectivity index (χ1) is 11.6. The van der Waals surface area contributed by atoms with E-state index in [4.69, 9.17) is 4.52 Å². The van der Waals surface area contributed by atoms with Crippen molar-refractivity contribution in [3.63, 3.8) is 0 Å². The van der Waals surface area contributed by atoms with Crippen molar-refractivity contribution >= 4 is 5.91 Å². The van der Waals surface area contributed by atoms with Crippen LogP contribution in [0.15, 0.2) is 53.2 Å². The molecule has 3 aromatic rings. The van der Waals surface area contributed by atoms with Crippen molar-refractivity contribution in [3.8, 4) is 11.3 Å². The summed E-state index contributed by atoms with van der Waals surface area (Å²) < 4.78 is 31.7. The molecule has 2 aromatic heterocycles. The van der Waals surface area contributed by atoms with Gasteiger partial charge in [0, 0.05) is 18.3 Å². The number of nitrogens with one attached hydrogen (secondary N) is 1. The number of hydrogen-bond acceptors (Lipinski definition) is 4. The van der Waals surface area contributed by atoms with Crippen LogP contribution in [0.1, 0.15) is 11.4 Å². The summed E-state index contributed by atoms with van der Waals surface area (Å²) in [4.78, 5) is 16.0. The number of benzene rings is 1. The Labute approximate surface area is 136 Å². The number of pyridine rings is 1. The number of halogens is 2. The van der Waals surface area contributed by atoms with Gasteiger partial charge in [-0.15, -0.1) is 0 Å². The van der Waals surface area contributed by atoms with Gasteiger partial charge in [0.05, 0.1) is 29.9 Å². The molecule has 0 saturated carbocycles. The topological polar surface area (TPSA) is 68.0 Å². The molecule has 7 heteroatoms. The number of hydrogen-bond donors (Lipinski definition) is 1. The molecule has 3 rings (SSSR count). The third-order valence-corrected chi connectivity index (χ3v) is 3.29. The van der Waals surface area contributed by atoms with Crippen molar-refractivity contribution in [2.75, 3.05) is 0 Å². The first-order valence-corrected chi connectivity index (χ1v) is 7.19. The lowest BCUT2D eigenvalue weighted by atomic mass is 10.1. The second-order valence-electron chi connectivity index (χ2n) is 5.08. The van der Waals surface area contributed by atoms with Crippen LogP contribution < -0.4 is 5.32 Å². The molecule has 0 aliphatic heterocycles. The van der Waals surface area contributed by atoms with Crippen molar-refractivity contribution in [2.45, 2.75) is 13.0 Å². The van der Waals surface area contributed by atoms with Gasteiger partial charge in [0.1, 0.15) is 11.6 Å². The number of rotatable bonds is 5. The van der Waals surface area contributed by atoms with Crippen LogP contribution in [0.4, 0.5) is 8.78 Å². The Morgan fingerprint density at radius 3 is 2.75 bits per heavy atom. The minimum absolute atomic E-state index is 0.0147. The molecule has 24 heavy (non-hydrogen) atoms. The molecule has 0 unspecified atom stereocenters. The van der Waals surface area contributed by atoms with Crippen molar-refractivity contribution in [1.29, 1.82) is 0 Å². The third-order valence-electron chi connectivity index (χ3n) is 3.29. The summed E-state index contributed by atoms with van der Waals surface area (Å²) in [6, 6.07) is 10.0. The number of carbonyl (C=O) groups excluding carboxylic acids is 1. The monoisotopic (exact) mass is 329 g/mol. The van der Waals surface area contributed by atoms with E-state index in [-0.39, 0.29) is 23.7 Å². The number of carbonyl (C=O) groups is 1. The Morgan fingerprint density at radius 1 is 1.12 bits per heavy atom. The van der Waals surface area contributed by atoms with Crippen LogP contribution in [0.2, 0.25) is 0 Å². The second kappa shape index (κ2) is 6.99. The molecule has 2 heterocycles. The lowest BCUT2D eigenvalue weighted by Gasteiger charge is -2.02. The largest absolute Gasteiger partial charge is 0.356 e. The lowest BCUT2D eigenvalue weighted by Crippen LogP contribution is -2.25. The zero-order chi connectivity index (χ0) is 16.9. The number of amides is 1. The highest BCUT2D eigenvalue weighted by atomic mass is 19.1. The van der Waals surface area contributed by atoms with E-state index >= 15 is 0 Å². The fourth-order valence-corrected chi connectivity index (χ4v) is 2.13. The SMILES string of the molecule is O=C(Cc1cc(-c2ccc(F)cc2F)on1)NCc1ccccn1. The maximum atomic E-state index is 13.7. The summed E-state index contributed by atoms with van der Waals surface area (Å²) in [7, 11) is 0. The van der Waals surface area contributed by atoms with E-state index in [9.17, 15) is 13.6 Å². The van der Waals surface area contributed by atoms with Gasteiger partial charge in [-0.3, -0.25) is 9.78 Å². The van der Waals surface area contributed by atoms with Gasteiger partial charge in [-0.2, -0.15) is 0 Å². The Hall–Kier alpha value is -3.09. The van der Waals surface area contributed by atoms with Gasteiger partial charge in [-0.1, -0.05) is 11.2 Å². The highest BCUT2D eigenvalue weighted by Crippen LogP contribution is 2.24. The van der Waals surface area contributed by atoms with Gasteiger partial charge in [0.15, 0.2) is 5.76 Å². The summed E-state index contributed by atoms with van der Waals surface area (Å²) in [6.45, 7) is 0.303. The van der Waals surface area contributed by atoms with Crippen molar-refractivity contribution in [1.82, 2.24) is 15.5 Å². The minimum atomic E-state index is -0.752. The van der Waals surface area contributed by atoms with Crippen LogP contribution in [-0.2, 0) is 17.8 Å². The molecule has 0 bridgehead atoms. The molecule has 0 radical (unpaired) electrons. The van der Waals surface area contributed by atoms with Crippen LogP contribution in [0.3, 0.4) is 0 Å². The van der Waals surface area contributed by atoms with Crippen LogP contribution in [0.25, 0.3) is 11.3 Å². The van der Waals surface area contributed by atoms with E-state index in [1.165, 1.54) is 12.1 Å². The van der Waals surface area contributed by atoms with Gasteiger partial charge < -0.3 is 9.84 Å². The first-order valence-electron chi connectivity index (χ1n) is 7.19. The molecular formula is C17H13F2N3O2. The Balaban J connectivity index is 1.62. The maximum absolute atomic E-state index is 13.7. The van der Waals surface area contributed by atoms with Crippen molar-refractivity contribution in [2.24, 2.45) is 0 Å². The number of aromatic nitrogens is 2. The van der Waals surface area contributed by atoms with Crippen LogP contribution in [-0.4, -0.2) is 16.0 Å². The predicted molar refractivity (Wildman–Crippen MR) is 81.6 cm³/mol. The Kier molecular flexibility index (Phi) is 4.60. The predicted octanol–water partition coefficient (Wildman–Crippen LogP) is 2.87. The van der Waals surface area contributed by atoms with Crippen LogP contribution >= 0.6 is 0 Å². The molecule has 5 nitrogen and oxygen atoms in total. The Morgan fingerprint density at radius 2 is 2.00 bits per heavy atom.